The molecule has 2 bridgehead atoms. The van der Waals surface area contributed by atoms with E-state index in [1.807, 2.05) is 55.5 Å². The van der Waals surface area contributed by atoms with Gasteiger partial charge in [0.25, 0.3) is 11.8 Å². The van der Waals surface area contributed by atoms with Gasteiger partial charge in [-0.15, -0.1) is 13.2 Å². The normalized spacial score (nSPS) is 22.3. The molecule has 3 fully saturated rings. The molecule has 1 unspecified atom stereocenters. The molecule has 3 aliphatic carbocycles. The number of carbonyl (C=O) groups excluding carboxylic acids is 2. The number of carbonyl (C=O) groups is 2. The summed E-state index contributed by atoms with van der Waals surface area (Å²) in [5.41, 5.74) is 0.459. The number of fused-ring (bicyclic) bond motifs is 4. The molecule has 7 rings (SSSR count). The summed E-state index contributed by atoms with van der Waals surface area (Å²) in [6, 6.07) is 17.5. The van der Waals surface area contributed by atoms with Crippen LogP contribution in [0.5, 0.6) is 11.6 Å². The molecule has 2 aromatic carbocycles. The van der Waals surface area contributed by atoms with Crippen LogP contribution in [0.3, 0.4) is 0 Å². The summed E-state index contributed by atoms with van der Waals surface area (Å²) in [4.78, 5) is 37.2. The van der Waals surface area contributed by atoms with Gasteiger partial charge in [-0.25, -0.2) is 9.97 Å². The van der Waals surface area contributed by atoms with Gasteiger partial charge in [-0.05, 0) is 89.3 Å². The number of alkyl halides is 3. The molecule has 1 atom stereocenters. The number of rotatable bonds is 7. The second-order valence-electron chi connectivity index (χ2n) is 13.5. The van der Waals surface area contributed by atoms with Crippen LogP contribution >= 0.6 is 15.9 Å². The first-order chi connectivity index (χ1) is 22.6. The third kappa shape index (κ3) is 6.72. The van der Waals surface area contributed by atoms with Crippen LogP contribution in [-0.2, 0) is 9.53 Å². The lowest BCUT2D eigenvalue weighted by molar-refractivity contribution is -0.275. The number of ether oxygens (including phenoxy) is 3. The molecule has 0 spiro atoms. The van der Waals surface area contributed by atoms with E-state index in [0.717, 1.165) is 16.1 Å². The van der Waals surface area contributed by atoms with Crippen molar-refractivity contribution in [3.63, 3.8) is 0 Å². The number of hydrogen-bond donors (Lipinski definition) is 1. The first-order valence-electron chi connectivity index (χ1n) is 15.7. The lowest BCUT2D eigenvalue weighted by Crippen LogP contribution is -2.67. The van der Waals surface area contributed by atoms with E-state index in [1.165, 1.54) is 12.3 Å². The lowest BCUT2D eigenvalue weighted by Gasteiger charge is -2.56. The first kappa shape index (κ1) is 33.7. The minimum Gasteiger partial charge on any atom is -0.469 e. The molecule has 4 aromatic rings. The second kappa shape index (κ2) is 12.4. The van der Waals surface area contributed by atoms with E-state index in [9.17, 15) is 22.8 Å². The maximum Gasteiger partial charge on any atom is 0.573 e. The molecule has 252 valence electrons. The summed E-state index contributed by atoms with van der Waals surface area (Å²) in [6.07, 6.45) is -3.09. The molecule has 2 heterocycles. The Labute approximate surface area is 284 Å². The van der Waals surface area contributed by atoms with E-state index in [0.29, 0.717) is 53.4 Å². The standard InChI is InChI=1S/C36H35BrF3N3O5/c1-21-28(24-19-23(37)12-13-25(24)42-29(21)22-9-6-5-7-10-22)30(44)43-35-16-14-34(15-17-35,32(45)48-33(2,3)4)20-27(35)46-31-26(11-8-18-41-31)47-36(38,39)40/h5-13,18-19,27H,14-17,20H2,1-4H3,(H,43,44). The largest absolute Gasteiger partial charge is 0.573 e. The van der Waals surface area contributed by atoms with Crippen molar-refractivity contribution in [1.29, 1.82) is 0 Å². The topological polar surface area (TPSA) is 99.6 Å². The van der Waals surface area contributed by atoms with Crippen molar-refractivity contribution in [1.82, 2.24) is 15.3 Å². The zero-order chi connectivity index (χ0) is 34.5. The van der Waals surface area contributed by atoms with Crippen LogP contribution in [-0.4, -0.2) is 45.5 Å². The minimum absolute atomic E-state index is 0.0983. The van der Waals surface area contributed by atoms with E-state index >= 15 is 0 Å². The Bertz CT molecular complexity index is 1870. The lowest BCUT2D eigenvalue weighted by atomic mass is 9.55. The van der Waals surface area contributed by atoms with Gasteiger partial charge in [0.1, 0.15) is 11.7 Å². The van der Waals surface area contributed by atoms with Gasteiger partial charge in [0.05, 0.1) is 27.7 Å². The summed E-state index contributed by atoms with van der Waals surface area (Å²) in [5.74, 6) is -1.79. The molecule has 48 heavy (non-hydrogen) atoms. The third-order valence-corrected chi connectivity index (χ3v) is 9.66. The molecule has 0 saturated heterocycles. The van der Waals surface area contributed by atoms with Crippen molar-refractivity contribution in [3.8, 4) is 22.9 Å². The summed E-state index contributed by atoms with van der Waals surface area (Å²) in [7, 11) is 0. The molecule has 0 aliphatic heterocycles. The van der Waals surface area contributed by atoms with Crippen molar-refractivity contribution in [2.45, 2.75) is 83.4 Å². The molecule has 1 N–H and O–H groups in total. The van der Waals surface area contributed by atoms with Gasteiger partial charge >= 0.3 is 12.3 Å². The summed E-state index contributed by atoms with van der Waals surface area (Å²) in [5, 5.41) is 3.89. The number of nitrogens with zero attached hydrogens (tertiary/aromatic N) is 2. The number of esters is 1. The van der Waals surface area contributed by atoms with Gasteiger partial charge in [0, 0.05) is 28.0 Å². The number of halogens is 4. The summed E-state index contributed by atoms with van der Waals surface area (Å²) < 4.78 is 57.1. The number of benzene rings is 2. The highest BCUT2D eigenvalue weighted by Crippen LogP contribution is 2.55. The number of nitrogens with one attached hydrogen (secondary N) is 1. The van der Waals surface area contributed by atoms with E-state index in [2.05, 4.69) is 31.0 Å². The molecular formula is C36H35BrF3N3O5. The van der Waals surface area contributed by atoms with E-state index in [1.54, 1.807) is 20.8 Å². The van der Waals surface area contributed by atoms with Crippen LogP contribution < -0.4 is 14.8 Å². The van der Waals surface area contributed by atoms with Crippen LogP contribution in [0.2, 0.25) is 0 Å². The predicted molar refractivity (Wildman–Crippen MR) is 177 cm³/mol. The second-order valence-corrected chi connectivity index (χ2v) is 14.5. The fraction of sp³-hybridized carbons (Fsp3) is 0.389. The van der Waals surface area contributed by atoms with Crippen LogP contribution in [0, 0.1) is 12.3 Å². The van der Waals surface area contributed by atoms with Crippen LogP contribution in [0.1, 0.15) is 68.8 Å². The molecule has 2 aromatic heterocycles. The highest BCUT2D eigenvalue weighted by atomic mass is 79.9. The van der Waals surface area contributed by atoms with Gasteiger partial charge in [-0.2, -0.15) is 0 Å². The molecule has 1 amide bonds. The first-order valence-corrected chi connectivity index (χ1v) is 16.5. The monoisotopic (exact) mass is 725 g/mol. The summed E-state index contributed by atoms with van der Waals surface area (Å²) in [6.45, 7) is 7.19. The van der Waals surface area contributed by atoms with Crippen LogP contribution in [0.25, 0.3) is 22.2 Å². The molecule has 3 saturated carbocycles. The van der Waals surface area contributed by atoms with Crippen molar-refractivity contribution < 1.29 is 37.0 Å². The van der Waals surface area contributed by atoms with Gasteiger partial charge < -0.3 is 19.5 Å². The van der Waals surface area contributed by atoms with Crippen molar-refractivity contribution in [2.75, 3.05) is 0 Å². The number of aromatic nitrogens is 2. The zero-order valence-corrected chi connectivity index (χ0v) is 28.5. The highest BCUT2D eigenvalue weighted by molar-refractivity contribution is 9.10. The molecular weight excluding hydrogens is 691 g/mol. The molecule has 8 nitrogen and oxygen atoms in total. The Morgan fingerprint density at radius 2 is 1.69 bits per heavy atom. The minimum atomic E-state index is -4.99. The molecule has 3 aliphatic rings. The van der Waals surface area contributed by atoms with Crippen molar-refractivity contribution in [2.24, 2.45) is 5.41 Å². The van der Waals surface area contributed by atoms with Crippen LogP contribution in [0.4, 0.5) is 13.2 Å². The number of hydrogen-bond acceptors (Lipinski definition) is 7. The average Bonchev–Trinajstić information content (AvgIpc) is 3.01. The Morgan fingerprint density at radius 1 is 0.979 bits per heavy atom. The quantitative estimate of drug-likeness (QED) is 0.191. The third-order valence-electron chi connectivity index (χ3n) is 9.17. The highest BCUT2D eigenvalue weighted by Gasteiger charge is 2.61. The van der Waals surface area contributed by atoms with Crippen LogP contribution in [0.15, 0.2) is 71.3 Å². The van der Waals surface area contributed by atoms with Crippen molar-refractivity contribution in [3.05, 3.63) is 82.5 Å². The fourth-order valence-corrected chi connectivity index (χ4v) is 7.24. The van der Waals surface area contributed by atoms with E-state index in [4.69, 9.17) is 14.5 Å². The fourth-order valence-electron chi connectivity index (χ4n) is 6.88. The maximum atomic E-state index is 14.6. The predicted octanol–water partition coefficient (Wildman–Crippen LogP) is 8.49. The van der Waals surface area contributed by atoms with Gasteiger partial charge in [-0.3, -0.25) is 9.59 Å². The smallest absolute Gasteiger partial charge is 0.469 e. The molecule has 12 heteroatoms. The van der Waals surface area contributed by atoms with E-state index in [-0.39, 0.29) is 18.2 Å². The van der Waals surface area contributed by atoms with E-state index < -0.39 is 40.7 Å². The molecule has 0 radical (unpaired) electrons. The Balaban J connectivity index is 1.42. The maximum absolute atomic E-state index is 14.6. The Kier molecular flexibility index (Phi) is 8.68. The summed E-state index contributed by atoms with van der Waals surface area (Å²) >= 11 is 3.52. The number of amides is 1. The van der Waals surface area contributed by atoms with Gasteiger partial charge in [0.15, 0.2) is 5.75 Å². The van der Waals surface area contributed by atoms with Gasteiger partial charge in [0.2, 0.25) is 0 Å². The average molecular weight is 727 g/mol. The van der Waals surface area contributed by atoms with Gasteiger partial charge in [-0.1, -0.05) is 46.3 Å². The number of pyridine rings is 2. The van der Waals surface area contributed by atoms with Crippen molar-refractivity contribution >= 4 is 38.7 Å². The Morgan fingerprint density at radius 3 is 2.35 bits per heavy atom. The SMILES string of the molecule is Cc1c(-c2ccccc2)nc2ccc(Br)cc2c1C(=O)NC12CCC(C(=O)OC(C)(C)C)(CC1)CC2Oc1ncccc1OC(F)(F)F. The Hall–Kier alpha value is -4.19. The zero-order valence-electron chi connectivity index (χ0n) is 26.9.